The topological polar surface area (TPSA) is 284 Å². The van der Waals surface area contributed by atoms with Crippen molar-refractivity contribution in [2.45, 2.75) is 151 Å². The Hall–Kier alpha value is -1.17. The second-order valence-corrected chi connectivity index (χ2v) is 13.0. The summed E-state index contributed by atoms with van der Waals surface area (Å²) in [5, 5.41) is 88.6. The maximum absolute atomic E-state index is 11.7. The molecular weight excluding hydrogens is 654 g/mol. The first kappa shape index (κ1) is 42.2. The molecule has 0 saturated carbocycles. The van der Waals surface area contributed by atoms with E-state index < -0.39 is 99.2 Å². The van der Waals surface area contributed by atoms with Gasteiger partial charge in [-0.2, -0.15) is 0 Å². The third-order valence-corrected chi connectivity index (χ3v) is 9.06. The highest BCUT2D eigenvalue weighted by Gasteiger charge is 2.52. The van der Waals surface area contributed by atoms with Crippen LogP contribution in [0.2, 0.25) is 0 Å². The van der Waals surface area contributed by atoms with Crippen molar-refractivity contribution in [2.75, 3.05) is 39.5 Å². The minimum Gasteiger partial charge on any atom is -0.394 e. The highest BCUT2D eigenvalue weighted by Crippen LogP contribution is 2.33. The van der Waals surface area contributed by atoms with Gasteiger partial charge < -0.3 is 85.6 Å². The molecule has 0 radical (unpaired) electrons. The molecule has 1 unspecified atom stereocenters. The van der Waals surface area contributed by atoms with Crippen LogP contribution in [0.15, 0.2) is 0 Å². The Kier molecular flexibility index (Phi) is 18.4. The molecule has 0 aromatic heterocycles. The maximum atomic E-state index is 11.7. The van der Waals surface area contributed by atoms with Gasteiger partial charge in [0, 0.05) is 38.5 Å². The van der Waals surface area contributed by atoms with E-state index in [1.807, 2.05) is 6.92 Å². The molecule has 3 aliphatic heterocycles. The summed E-state index contributed by atoms with van der Waals surface area (Å²) < 4.78 is 35.1. The van der Waals surface area contributed by atoms with Crippen LogP contribution in [0.1, 0.15) is 58.8 Å². The minimum atomic E-state index is -1.71. The molecule has 3 fully saturated rings. The van der Waals surface area contributed by atoms with Gasteiger partial charge in [0.1, 0.15) is 54.9 Å². The van der Waals surface area contributed by atoms with Crippen LogP contribution in [0.5, 0.6) is 0 Å². The molecule has 3 saturated heterocycles. The molecule has 15 atom stereocenters. The largest absolute Gasteiger partial charge is 0.394 e. The zero-order valence-corrected chi connectivity index (χ0v) is 28.4. The van der Waals surface area contributed by atoms with Gasteiger partial charge in [-0.25, -0.2) is 0 Å². The van der Waals surface area contributed by atoms with Crippen molar-refractivity contribution in [2.24, 2.45) is 5.73 Å². The van der Waals surface area contributed by atoms with E-state index in [2.05, 4.69) is 10.6 Å². The Morgan fingerprint density at radius 2 is 1.51 bits per heavy atom. The summed E-state index contributed by atoms with van der Waals surface area (Å²) in [5.41, 5.74) is 5.39. The van der Waals surface area contributed by atoms with Gasteiger partial charge in [-0.1, -0.05) is 19.3 Å². The van der Waals surface area contributed by atoms with Crippen molar-refractivity contribution in [1.82, 2.24) is 10.6 Å². The molecule has 49 heavy (non-hydrogen) atoms. The van der Waals surface area contributed by atoms with Crippen LogP contribution in [-0.2, 0) is 33.2 Å². The third-order valence-electron chi connectivity index (χ3n) is 9.06. The first-order valence-corrected chi connectivity index (χ1v) is 17.3. The van der Waals surface area contributed by atoms with E-state index in [0.717, 1.165) is 32.1 Å². The van der Waals surface area contributed by atoms with Crippen LogP contribution in [0.3, 0.4) is 0 Å². The number of nitrogens with one attached hydrogen (secondary N) is 2. The van der Waals surface area contributed by atoms with E-state index in [0.29, 0.717) is 26.1 Å². The molecule has 3 heterocycles. The first-order chi connectivity index (χ1) is 23.4. The molecule has 0 aromatic carbocycles. The van der Waals surface area contributed by atoms with E-state index in [9.17, 15) is 45.6 Å². The molecule has 0 aromatic rings. The van der Waals surface area contributed by atoms with Gasteiger partial charge in [0.25, 0.3) is 0 Å². The highest BCUT2D eigenvalue weighted by atomic mass is 16.8. The fourth-order valence-corrected chi connectivity index (χ4v) is 6.06. The number of aliphatic hydroxyl groups excluding tert-OH is 8. The summed E-state index contributed by atoms with van der Waals surface area (Å²) >= 11 is 0. The van der Waals surface area contributed by atoms with Crippen molar-refractivity contribution < 1.29 is 74.1 Å². The Morgan fingerprint density at radius 1 is 0.816 bits per heavy atom. The summed E-state index contributed by atoms with van der Waals surface area (Å²) in [6, 6.07) is 0.142. The van der Waals surface area contributed by atoms with E-state index in [4.69, 9.17) is 34.2 Å². The molecule has 288 valence electrons. The Morgan fingerprint density at radius 3 is 2.20 bits per heavy atom. The van der Waals surface area contributed by atoms with E-state index in [-0.39, 0.29) is 25.0 Å². The molecular formula is C31H59N3O15. The lowest BCUT2D eigenvalue weighted by Gasteiger charge is -2.48. The van der Waals surface area contributed by atoms with Gasteiger partial charge in [0.15, 0.2) is 18.9 Å². The van der Waals surface area contributed by atoms with Crippen molar-refractivity contribution in [3.05, 3.63) is 0 Å². The van der Waals surface area contributed by atoms with Gasteiger partial charge in [-0.15, -0.1) is 0 Å². The van der Waals surface area contributed by atoms with Gasteiger partial charge in [-0.05, 0) is 26.7 Å². The average Bonchev–Trinajstić information content (AvgIpc) is 3.08. The number of ether oxygens (including phenoxy) is 6. The molecule has 3 rings (SSSR count). The molecule has 0 aliphatic carbocycles. The Balaban J connectivity index is 1.61. The summed E-state index contributed by atoms with van der Waals surface area (Å²) in [6.07, 6.45) is -14.4. The van der Waals surface area contributed by atoms with Crippen molar-refractivity contribution in [3.8, 4) is 0 Å². The van der Waals surface area contributed by atoms with Crippen molar-refractivity contribution in [3.63, 3.8) is 0 Å². The van der Waals surface area contributed by atoms with Crippen LogP contribution in [-0.4, -0.2) is 178 Å². The second-order valence-electron chi connectivity index (χ2n) is 13.0. The quantitative estimate of drug-likeness (QED) is 0.0535. The number of rotatable bonds is 20. The van der Waals surface area contributed by atoms with Crippen LogP contribution in [0.25, 0.3) is 0 Å². The monoisotopic (exact) mass is 713 g/mol. The molecule has 0 bridgehead atoms. The van der Waals surface area contributed by atoms with Gasteiger partial charge in [0.2, 0.25) is 5.91 Å². The fraction of sp³-hybridized carbons (Fsp3) is 0.968. The lowest BCUT2D eigenvalue weighted by Crippen LogP contribution is -2.65. The molecule has 18 heteroatoms. The van der Waals surface area contributed by atoms with Crippen LogP contribution in [0, 0.1) is 0 Å². The van der Waals surface area contributed by atoms with E-state index in [1.165, 1.54) is 6.92 Å². The number of hydrogen-bond donors (Lipinski definition) is 11. The molecule has 1 amide bonds. The average molecular weight is 714 g/mol. The zero-order valence-electron chi connectivity index (χ0n) is 28.4. The number of hydrogen-bond acceptors (Lipinski definition) is 17. The van der Waals surface area contributed by atoms with Crippen LogP contribution in [0.4, 0.5) is 0 Å². The molecule has 0 spiro atoms. The third kappa shape index (κ3) is 12.5. The lowest BCUT2D eigenvalue weighted by molar-refractivity contribution is -0.383. The van der Waals surface area contributed by atoms with Crippen LogP contribution >= 0.6 is 0 Å². The van der Waals surface area contributed by atoms with Gasteiger partial charge in [0.05, 0.1) is 32.0 Å². The zero-order chi connectivity index (χ0) is 36.1. The highest BCUT2D eigenvalue weighted by molar-refractivity contribution is 5.75. The predicted octanol–water partition coefficient (Wildman–Crippen LogP) is -4.10. The Labute approximate surface area is 286 Å². The minimum absolute atomic E-state index is 0.0115. The molecule has 12 N–H and O–H groups in total. The number of nitrogens with two attached hydrogens (primary N) is 1. The normalized spacial score (nSPS) is 39.1. The standard InChI is InChI=1S/C31H59N3O15/c1-16(7-5-3-4-6-8-21(38)34-10-9-32)33-11-12-44-31-29(49-30-27(43)26(42)23(39)17(2)45-30)28(25(41)20(15-36)47-31)48-22-13-18(37)24(40)19(14-35)46-22/h16-20,22-31,33,35-37,39-43H,3-15,32H2,1-2H3,(H,34,38)/t16?,17-,18+,19+,20+,22+,23+,24+,25-,26+,27-,28-,29+,30-,31+/m0/s1. The predicted molar refractivity (Wildman–Crippen MR) is 169 cm³/mol. The number of unbranched alkanes of at least 4 members (excludes halogenated alkanes) is 3. The summed E-state index contributed by atoms with van der Waals surface area (Å²) in [6.45, 7) is 3.60. The fourth-order valence-electron chi connectivity index (χ4n) is 6.06. The molecule has 18 nitrogen and oxygen atoms in total. The van der Waals surface area contributed by atoms with E-state index in [1.54, 1.807) is 0 Å². The smallest absolute Gasteiger partial charge is 0.220 e. The Bertz CT molecular complexity index is 943. The summed E-state index contributed by atoms with van der Waals surface area (Å²) in [4.78, 5) is 11.7. The summed E-state index contributed by atoms with van der Waals surface area (Å²) in [5.74, 6) is 0.0115. The van der Waals surface area contributed by atoms with Gasteiger partial charge >= 0.3 is 0 Å². The maximum Gasteiger partial charge on any atom is 0.220 e. The number of amides is 1. The molecule has 3 aliphatic rings. The number of carbonyl (C=O) groups is 1. The number of carbonyl (C=O) groups excluding carboxylic acids is 1. The summed E-state index contributed by atoms with van der Waals surface area (Å²) in [7, 11) is 0. The lowest BCUT2D eigenvalue weighted by atomic mass is 9.96. The van der Waals surface area contributed by atoms with Crippen molar-refractivity contribution >= 4 is 5.91 Å². The van der Waals surface area contributed by atoms with Crippen LogP contribution < -0.4 is 16.4 Å². The second kappa shape index (κ2) is 21.4. The first-order valence-electron chi connectivity index (χ1n) is 17.3. The van der Waals surface area contributed by atoms with E-state index >= 15 is 0 Å². The van der Waals surface area contributed by atoms with Gasteiger partial charge in [-0.3, -0.25) is 4.79 Å². The number of aliphatic hydroxyl groups is 8. The van der Waals surface area contributed by atoms with Crippen molar-refractivity contribution in [1.29, 1.82) is 0 Å². The SMILES string of the molecule is CC(CCCCCCC(=O)NCCN)NCCO[C@@H]1O[C@H](CO)[C@H](O)[C@H](O[C@@H]2C[C@@H](O)[C@@H](O)[C@@H](CO)O2)[C@H]1O[C@@H]1O[C@@H](C)[C@@H](O)[C@@H](O)[C@@H]1O.